The van der Waals surface area contributed by atoms with E-state index in [1.54, 1.807) is 38.5 Å². The molecule has 60 heavy (non-hydrogen) atoms. The lowest BCUT2D eigenvalue weighted by Crippen LogP contribution is -2.11. The normalized spacial score (nSPS) is 11.0. The fraction of sp³-hybridized carbons (Fsp3) is 0.292. The van der Waals surface area contributed by atoms with Gasteiger partial charge in [0.15, 0.2) is 0 Å². The molecule has 5 aromatic carbocycles. The van der Waals surface area contributed by atoms with Crippen molar-refractivity contribution in [2.24, 2.45) is 20.5 Å². The van der Waals surface area contributed by atoms with Crippen LogP contribution in [0.1, 0.15) is 77.6 Å². The van der Waals surface area contributed by atoms with E-state index in [-0.39, 0.29) is 0 Å². The van der Waals surface area contributed by atoms with Crippen LogP contribution in [0.4, 0.5) is 22.7 Å². The Hall–Kier alpha value is -6.82. The highest BCUT2D eigenvalue weighted by molar-refractivity contribution is 5.97. The zero-order valence-corrected chi connectivity index (χ0v) is 34.3. The summed E-state index contributed by atoms with van der Waals surface area (Å²) in [6, 6.07) is 34.5. The van der Waals surface area contributed by atoms with Crippen molar-refractivity contribution >= 4 is 40.8 Å². The van der Waals surface area contributed by atoms with Crippen LogP contribution in [0.5, 0.6) is 23.0 Å². The topological polar surface area (TPSA) is 139 Å². The molecule has 0 aliphatic carbocycles. The van der Waals surface area contributed by atoms with Gasteiger partial charge in [-0.05, 0) is 172 Å². The minimum absolute atomic E-state index is 0.298. The van der Waals surface area contributed by atoms with Gasteiger partial charge in [0.05, 0.1) is 74.5 Å². The van der Waals surface area contributed by atoms with Gasteiger partial charge in [-0.25, -0.2) is 9.59 Å². The fourth-order valence-electron chi connectivity index (χ4n) is 5.78. The number of ether oxygens (including phenoxy) is 6. The van der Waals surface area contributed by atoms with E-state index in [0.717, 1.165) is 97.1 Å². The number of hydrogen-bond donors (Lipinski definition) is 0. The van der Waals surface area contributed by atoms with Crippen molar-refractivity contribution in [2.45, 2.75) is 51.4 Å². The average molecular weight is 813 g/mol. The zero-order chi connectivity index (χ0) is 42.2. The molecule has 0 aromatic heterocycles. The molecule has 5 aromatic rings. The van der Waals surface area contributed by atoms with Gasteiger partial charge in [0, 0.05) is 0 Å². The molecular formula is C48H52N4O8. The van der Waals surface area contributed by atoms with Gasteiger partial charge >= 0.3 is 11.9 Å². The molecule has 12 nitrogen and oxygen atoms in total. The van der Waals surface area contributed by atoms with Crippen molar-refractivity contribution in [3.8, 4) is 23.0 Å². The summed E-state index contributed by atoms with van der Waals surface area (Å²) in [4.78, 5) is 25.5. The van der Waals surface area contributed by atoms with Gasteiger partial charge in [-0.2, -0.15) is 20.5 Å². The third-order valence-corrected chi connectivity index (χ3v) is 9.19. The third kappa shape index (κ3) is 15.2. The summed E-state index contributed by atoms with van der Waals surface area (Å²) in [6.07, 6.45) is 8.43. The highest BCUT2D eigenvalue weighted by atomic mass is 16.5. The Bertz CT molecular complexity index is 2140. The van der Waals surface area contributed by atoms with Gasteiger partial charge in [-0.3, -0.25) is 0 Å². The quantitative estimate of drug-likeness (QED) is 0.0322. The molecule has 0 amide bonds. The Balaban J connectivity index is 0.884. The van der Waals surface area contributed by atoms with Gasteiger partial charge in [0.2, 0.25) is 0 Å². The largest absolute Gasteiger partial charge is 0.497 e. The molecule has 312 valence electrons. The molecule has 0 radical (unpaired) electrons. The number of carbonyl (C=O) groups excluding carboxylic acids is 2. The molecule has 0 N–H and O–H groups in total. The number of benzene rings is 5. The lowest BCUT2D eigenvalue weighted by Gasteiger charge is -2.10. The molecule has 0 atom stereocenters. The van der Waals surface area contributed by atoms with Gasteiger partial charge in [0.25, 0.3) is 0 Å². The SMILES string of the molecule is C=Cc1cc(C(=O)OCCCCCCOc2ccc(N=Nc3ccc(OC)cc3)cc2)ccc1C(=O)OCCCCCCOc1ccc(N=Nc2ccc(OC)cc2)cc1. The van der Waals surface area contributed by atoms with E-state index in [9.17, 15) is 9.59 Å². The van der Waals surface area contributed by atoms with Crippen molar-refractivity contribution in [1.29, 1.82) is 0 Å². The molecule has 0 aliphatic heterocycles. The summed E-state index contributed by atoms with van der Waals surface area (Å²) < 4.78 is 33.0. The molecule has 0 saturated carbocycles. The number of azo groups is 2. The number of nitrogens with zero attached hydrogens (tertiary/aromatic N) is 4. The Morgan fingerprint density at radius 3 is 1.22 bits per heavy atom. The highest BCUT2D eigenvalue weighted by Crippen LogP contribution is 2.25. The van der Waals surface area contributed by atoms with E-state index < -0.39 is 11.9 Å². The van der Waals surface area contributed by atoms with E-state index in [0.29, 0.717) is 43.1 Å². The van der Waals surface area contributed by atoms with Crippen LogP contribution < -0.4 is 18.9 Å². The predicted molar refractivity (Wildman–Crippen MR) is 232 cm³/mol. The van der Waals surface area contributed by atoms with Gasteiger partial charge in [0.1, 0.15) is 23.0 Å². The first-order valence-corrected chi connectivity index (χ1v) is 20.1. The monoisotopic (exact) mass is 812 g/mol. The number of rotatable bonds is 25. The number of methoxy groups -OCH3 is 2. The summed E-state index contributed by atoms with van der Waals surface area (Å²) >= 11 is 0. The molecule has 5 rings (SSSR count). The van der Waals surface area contributed by atoms with Crippen LogP contribution in [0.15, 0.2) is 142 Å². The number of hydrogen-bond acceptors (Lipinski definition) is 12. The first kappa shape index (κ1) is 44.3. The maximum absolute atomic E-state index is 12.8. The van der Waals surface area contributed by atoms with Gasteiger partial charge in [-0.1, -0.05) is 12.7 Å². The Morgan fingerprint density at radius 1 is 0.467 bits per heavy atom. The lowest BCUT2D eigenvalue weighted by molar-refractivity contribution is 0.0482. The predicted octanol–water partition coefficient (Wildman–Crippen LogP) is 12.8. The minimum Gasteiger partial charge on any atom is -0.497 e. The molecule has 0 spiro atoms. The minimum atomic E-state index is -0.451. The molecule has 0 unspecified atom stereocenters. The van der Waals surface area contributed by atoms with E-state index in [1.807, 2.05) is 97.1 Å². The summed E-state index contributed by atoms with van der Waals surface area (Å²) in [7, 11) is 3.25. The van der Waals surface area contributed by atoms with Crippen LogP contribution in [0, 0.1) is 0 Å². The van der Waals surface area contributed by atoms with Crippen LogP contribution in [-0.4, -0.2) is 52.6 Å². The summed E-state index contributed by atoms with van der Waals surface area (Å²) in [5, 5.41) is 17.0. The molecule has 0 aliphatic rings. The van der Waals surface area contributed by atoms with Crippen molar-refractivity contribution < 1.29 is 38.0 Å². The number of esters is 2. The Labute approximate surface area is 351 Å². The van der Waals surface area contributed by atoms with E-state index in [2.05, 4.69) is 27.0 Å². The number of carbonyl (C=O) groups is 2. The highest BCUT2D eigenvalue weighted by Gasteiger charge is 2.15. The molecule has 0 saturated heterocycles. The Morgan fingerprint density at radius 2 is 0.833 bits per heavy atom. The molecular weight excluding hydrogens is 761 g/mol. The lowest BCUT2D eigenvalue weighted by atomic mass is 10.0. The molecule has 0 bridgehead atoms. The second-order valence-corrected chi connectivity index (χ2v) is 13.6. The Kier molecular flexibility index (Phi) is 18.3. The zero-order valence-electron chi connectivity index (χ0n) is 34.3. The van der Waals surface area contributed by atoms with Gasteiger partial charge in [-0.15, -0.1) is 0 Å². The van der Waals surface area contributed by atoms with E-state index in [4.69, 9.17) is 28.4 Å². The first-order chi connectivity index (χ1) is 29.4. The molecule has 12 heteroatoms. The summed E-state index contributed by atoms with van der Waals surface area (Å²) in [6.45, 7) is 5.58. The van der Waals surface area contributed by atoms with Crippen LogP contribution >= 0.6 is 0 Å². The summed E-state index contributed by atoms with van der Waals surface area (Å²) in [5.74, 6) is 2.18. The standard InChI is InChI=1S/C48H52N4O8/c1-4-36-35-37(47(53)59-33-11-7-5-9-31-57-44-26-18-40(19-27-44)51-49-38-14-22-42(55-2)23-15-38)13-30-46(36)48(54)60-34-12-8-6-10-32-58-45-28-20-41(21-29-45)52-50-39-16-24-43(56-3)25-17-39/h4,13-30,35H,1,5-12,31-34H2,2-3H3. The van der Waals surface area contributed by atoms with Crippen LogP contribution in [-0.2, 0) is 9.47 Å². The fourth-order valence-corrected chi connectivity index (χ4v) is 5.78. The third-order valence-electron chi connectivity index (χ3n) is 9.19. The van der Waals surface area contributed by atoms with Gasteiger partial charge < -0.3 is 28.4 Å². The van der Waals surface area contributed by atoms with Crippen molar-refractivity contribution in [2.75, 3.05) is 40.6 Å². The second-order valence-electron chi connectivity index (χ2n) is 13.6. The summed E-state index contributed by atoms with van der Waals surface area (Å²) in [5.41, 5.74) is 4.18. The van der Waals surface area contributed by atoms with Crippen molar-refractivity contribution in [1.82, 2.24) is 0 Å². The smallest absolute Gasteiger partial charge is 0.338 e. The first-order valence-electron chi connectivity index (χ1n) is 20.1. The van der Waals surface area contributed by atoms with E-state index >= 15 is 0 Å². The average Bonchev–Trinajstić information content (AvgIpc) is 3.30. The maximum atomic E-state index is 12.8. The van der Waals surface area contributed by atoms with E-state index in [1.165, 1.54) is 0 Å². The van der Waals surface area contributed by atoms with Crippen LogP contribution in [0.3, 0.4) is 0 Å². The van der Waals surface area contributed by atoms with Crippen LogP contribution in [0.25, 0.3) is 6.08 Å². The molecule has 0 fully saturated rings. The van der Waals surface area contributed by atoms with Crippen molar-refractivity contribution in [3.63, 3.8) is 0 Å². The number of unbranched alkanes of at least 4 members (excludes halogenated alkanes) is 6. The maximum Gasteiger partial charge on any atom is 0.338 e. The molecule has 0 heterocycles. The van der Waals surface area contributed by atoms with Crippen LogP contribution in [0.2, 0.25) is 0 Å². The second kappa shape index (κ2) is 24.8. The van der Waals surface area contributed by atoms with Crippen molar-refractivity contribution in [3.05, 3.63) is 139 Å².